The minimum absolute atomic E-state index is 0.0764. The highest BCUT2D eigenvalue weighted by atomic mass is 19.2. The SMILES string of the molecule is C#CCONC(=O)c1cc(Cc2ccnc(N)c2F)c(F)c(F)c1Nc1ccc(C=C)cc1F. The number of benzene rings is 2. The van der Waals surface area contributed by atoms with Gasteiger partial charge in [-0.25, -0.2) is 28.0 Å². The summed E-state index contributed by atoms with van der Waals surface area (Å²) in [5, 5.41) is 2.40. The normalized spacial score (nSPS) is 10.4. The summed E-state index contributed by atoms with van der Waals surface area (Å²) in [7, 11) is 0. The molecule has 0 spiro atoms. The first kappa shape index (κ1) is 24.3. The van der Waals surface area contributed by atoms with Crippen LogP contribution in [0.4, 0.5) is 34.8 Å². The lowest BCUT2D eigenvalue weighted by Crippen LogP contribution is -2.25. The highest BCUT2D eigenvalue weighted by molar-refractivity contribution is 6.00. The number of aromatic nitrogens is 1. The lowest BCUT2D eigenvalue weighted by molar-refractivity contribution is 0.0438. The van der Waals surface area contributed by atoms with Crippen LogP contribution in [0.25, 0.3) is 6.08 Å². The number of hydrogen-bond acceptors (Lipinski definition) is 5. The van der Waals surface area contributed by atoms with Crippen molar-refractivity contribution in [2.24, 2.45) is 0 Å². The van der Waals surface area contributed by atoms with Gasteiger partial charge in [-0.05, 0) is 41.0 Å². The van der Waals surface area contributed by atoms with E-state index < -0.39 is 52.7 Å². The van der Waals surface area contributed by atoms with Gasteiger partial charge in [-0.3, -0.25) is 9.63 Å². The van der Waals surface area contributed by atoms with Gasteiger partial charge in [0.25, 0.3) is 5.91 Å². The van der Waals surface area contributed by atoms with Gasteiger partial charge in [0.2, 0.25) is 0 Å². The first-order chi connectivity index (χ1) is 16.3. The molecule has 0 atom stereocenters. The van der Waals surface area contributed by atoms with Crippen molar-refractivity contribution in [2.45, 2.75) is 6.42 Å². The summed E-state index contributed by atoms with van der Waals surface area (Å²) in [6, 6.07) is 6.09. The number of nitrogens with zero attached hydrogens (tertiary/aromatic N) is 1. The Kier molecular flexibility index (Phi) is 7.50. The molecule has 0 saturated carbocycles. The van der Waals surface area contributed by atoms with Crippen LogP contribution in [-0.2, 0) is 11.3 Å². The number of nitrogens with two attached hydrogens (primary N) is 1. The van der Waals surface area contributed by atoms with Crippen LogP contribution in [0.15, 0.2) is 43.1 Å². The first-order valence-corrected chi connectivity index (χ1v) is 9.71. The largest absolute Gasteiger partial charge is 0.381 e. The van der Waals surface area contributed by atoms with E-state index in [1.165, 1.54) is 30.5 Å². The van der Waals surface area contributed by atoms with Gasteiger partial charge in [0, 0.05) is 12.6 Å². The van der Waals surface area contributed by atoms with E-state index in [1.807, 2.05) is 5.48 Å². The number of hydroxylamine groups is 1. The number of rotatable bonds is 8. The van der Waals surface area contributed by atoms with Gasteiger partial charge in [-0.2, -0.15) is 0 Å². The van der Waals surface area contributed by atoms with E-state index >= 15 is 4.39 Å². The fourth-order valence-corrected chi connectivity index (χ4v) is 3.04. The number of anilines is 3. The predicted octanol–water partition coefficient (Wildman–Crippen LogP) is 4.49. The number of carbonyl (C=O) groups excluding carboxylic acids is 1. The van der Waals surface area contributed by atoms with Crippen LogP contribution in [0, 0.1) is 35.6 Å². The summed E-state index contributed by atoms with van der Waals surface area (Å²) >= 11 is 0. The molecule has 0 fully saturated rings. The molecule has 1 amide bonds. The van der Waals surface area contributed by atoms with E-state index in [2.05, 4.69) is 22.8 Å². The van der Waals surface area contributed by atoms with Gasteiger partial charge in [-0.1, -0.05) is 24.6 Å². The van der Waals surface area contributed by atoms with Crippen molar-refractivity contribution < 1.29 is 27.2 Å². The molecule has 6 nitrogen and oxygen atoms in total. The van der Waals surface area contributed by atoms with Gasteiger partial charge in [0.05, 0.1) is 16.9 Å². The lowest BCUT2D eigenvalue weighted by atomic mass is 9.99. The van der Waals surface area contributed by atoms with Crippen molar-refractivity contribution in [1.29, 1.82) is 0 Å². The molecule has 1 aromatic heterocycles. The highest BCUT2D eigenvalue weighted by Crippen LogP contribution is 2.32. The Balaban J connectivity index is 2.09. The maximum absolute atomic E-state index is 15.2. The lowest BCUT2D eigenvalue weighted by Gasteiger charge is -2.17. The number of pyridine rings is 1. The summed E-state index contributed by atoms with van der Waals surface area (Å²) in [6.07, 6.45) is 7.21. The van der Waals surface area contributed by atoms with Crippen LogP contribution in [0.1, 0.15) is 27.0 Å². The number of terminal acetylenes is 1. The van der Waals surface area contributed by atoms with E-state index in [4.69, 9.17) is 17.0 Å². The maximum atomic E-state index is 15.2. The van der Waals surface area contributed by atoms with E-state index in [-0.39, 0.29) is 23.4 Å². The average molecular weight is 470 g/mol. The molecule has 0 aliphatic carbocycles. The van der Waals surface area contributed by atoms with Crippen molar-refractivity contribution >= 4 is 29.2 Å². The van der Waals surface area contributed by atoms with Crippen molar-refractivity contribution in [1.82, 2.24) is 10.5 Å². The first-order valence-electron chi connectivity index (χ1n) is 9.71. The molecule has 2 aromatic carbocycles. The second-order valence-corrected chi connectivity index (χ2v) is 6.92. The third-order valence-corrected chi connectivity index (χ3v) is 4.71. The minimum Gasteiger partial charge on any atom is -0.381 e. The molecule has 0 unspecified atom stereocenters. The van der Waals surface area contributed by atoms with Crippen molar-refractivity contribution in [3.05, 3.63) is 88.6 Å². The minimum atomic E-state index is -1.49. The van der Waals surface area contributed by atoms with Gasteiger partial charge < -0.3 is 11.1 Å². The molecule has 1 heterocycles. The van der Waals surface area contributed by atoms with Crippen LogP contribution < -0.4 is 16.5 Å². The zero-order chi connectivity index (χ0) is 24.8. The molecular weight excluding hydrogens is 452 g/mol. The number of nitrogens with one attached hydrogen (secondary N) is 2. The number of amides is 1. The number of nitrogen functional groups attached to an aromatic ring is 1. The second-order valence-electron chi connectivity index (χ2n) is 6.92. The Hall–Kier alpha value is -4.36. The van der Waals surface area contributed by atoms with Gasteiger partial charge in [0.15, 0.2) is 23.3 Å². The monoisotopic (exact) mass is 470 g/mol. The number of carbonyl (C=O) groups is 1. The topological polar surface area (TPSA) is 89.3 Å². The van der Waals surface area contributed by atoms with Crippen molar-refractivity contribution in [2.75, 3.05) is 17.7 Å². The molecule has 0 aliphatic heterocycles. The molecule has 0 aliphatic rings. The zero-order valence-corrected chi connectivity index (χ0v) is 17.6. The number of halogens is 4. The molecule has 0 saturated heterocycles. The molecule has 0 radical (unpaired) electrons. The van der Waals surface area contributed by atoms with E-state index in [0.29, 0.717) is 5.56 Å². The average Bonchev–Trinajstić information content (AvgIpc) is 2.82. The third kappa shape index (κ3) is 5.16. The Morgan fingerprint density at radius 2 is 1.91 bits per heavy atom. The predicted molar refractivity (Wildman–Crippen MR) is 120 cm³/mol. The van der Waals surface area contributed by atoms with E-state index in [0.717, 1.165) is 12.1 Å². The quantitative estimate of drug-likeness (QED) is 0.195. The summed E-state index contributed by atoms with van der Waals surface area (Å²) in [4.78, 5) is 21.0. The van der Waals surface area contributed by atoms with Crippen molar-refractivity contribution in [3.8, 4) is 12.3 Å². The number of hydrogen-bond donors (Lipinski definition) is 3. The molecule has 174 valence electrons. The fraction of sp³-hybridized carbons (Fsp3) is 0.0833. The van der Waals surface area contributed by atoms with Gasteiger partial charge in [0.1, 0.15) is 12.4 Å². The van der Waals surface area contributed by atoms with Crippen LogP contribution in [0.3, 0.4) is 0 Å². The molecule has 34 heavy (non-hydrogen) atoms. The van der Waals surface area contributed by atoms with Crippen LogP contribution >= 0.6 is 0 Å². The summed E-state index contributed by atoms with van der Waals surface area (Å²) < 4.78 is 58.9. The Morgan fingerprint density at radius 1 is 1.15 bits per heavy atom. The standard InChI is InChI=1S/C24H18F4N4O2/c1-3-9-34-32-24(33)16-12-15(11-14-7-8-30-23(29)20(14)27)19(26)21(28)22(16)31-18-6-5-13(4-2)10-17(18)25/h1,4-8,10,12,31H,2,9,11H2,(H2,29,30)(H,32,33). The van der Waals surface area contributed by atoms with Crippen LogP contribution in [0.5, 0.6) is 0 Å². The van der Waals surface area contributed by atoms with Crippen molar-refractivity contribution in [3.63, 3.8) is 0 Å². The Morgan fingerprint density at radius 3 is 2.59 bits per heavy atom. The maximum Gasteiger partial charge on any atom is 0.277 e. The van der Waals surface area contributed by atoms with Crippen LogP contribution in [-0.4, -0.2) is 17.5 Å². The second kappa shape index (κ2) is 10.5. The molecular formula is C24H18F4N4O2. The summed E-state index contributed by atoms with van der Waals surface area (Å²) in [6.45, 7) is 3.22. The Labute approximate surface area is 192 Å². The van der Waals surface area contributed by atoms with Gasteiger partial charge in [-0.15, -0.1) is 6.42 Å². The Bertz CT molecular complexity index is 1310. The van der Waals surface area contributed by atoms with Crippen LogP contribution in [0.2, 0.25) is 0 Å². The van der Waals surface area contributed by atoms with E-state index in [1.54, 1.807) is 0 Å². The smallest absolute Gasteiger partial charge is 0.277 e. The zero-order valence-electron chi connectivity index (χ0n) is 17.6. The third-order valence-electron chi connectivity index (χ3n) is 4.71. The molecule has 3 rings (SSSR count). The molecule has 10 heteroatoms. The molecule has 3 aromatic rings. The fourth-order valence-electron chi connectivity index (χ4n) is 3.04. The molecule has 4 N–H and O–H groups in total. The molecule has 0 bridgehead atoms. The summed E-state index contributed by atoms with van der Waals surface area (Å²) in [5.41, 5.74) is 6.09. The summed E-state index contributed by atoms with van der Waals surface area (Å²) in [5.74, 6) is -3.88. The van der Waals surface area contributed by atoms with E-state index in [9.17, 15) is 18.0 Å². The van der Waals surface area contributed by atoms with Gasteiger partial charge >= 0.3 is 0 Å². The highest BCUT2D eigenvalue weighted by Gasteiger charge is 2.24.